The third-order valence-electron chi connectivity index (χ3n) is 5.68. The Morgan fingerprint density at radius 3 is 2.49 bits per heavy atom. The van der Waals surface area contributed by atoms with Gasteiger partial charge in [0.05, 0.1) is 25.1 Å². The minimum Gasteiger partial charge on any atom is -0.496 e. The first-order chi connectivity index (χ1) is 17.7. The molecule has 1 amide bonds. The summed E-state index contributed by atoms with van der Waals surface area (Å²) in [4.78, 5) is 41.4. The van der Waals surface area contributed by atoms with Crippen molar-refractivity contribution in [2.75, 3.05) is 51.6 Å². The Balaban J connectivity index is 1.94. The fourth-order valence-electron chi connectivity index (χ4n) is 3.63. The number of aromatic nitrogens is 2. The van der Waals surface area contributed by atoms with Crippen molar-refractivity contribution in [2.45, 2.75) is 6.42 Å². The number of hydrogen-bond acceptors (Lipinski definition) is 7. The van der Waals surface area contributed by atoms with Crippen LogP contribution in [0.1, 0.15) is 27.4 Å². The second kappa shape index (κ2) is 12.4. The van der Waals surface area contributed by atoms with Crippen LogP contribution in [0.2, 0.25) is 0 Å². The molecular formula is C28H30N6O3. The van der Waals surface area contributed by atoms with E-state index in [2.05, 4.69) is 31.6 Å². The maximum absolute atomic E-state index is 13.0. The minimum absolute atomic E-state index is 0.250. The molecule has 0 unspecified atom stereocenters. The molecule has 0 radical (unpaired) electrons. The standard InChI is InChI=1S/C28H30N6O3/c1-7-27(35)32-23-16-20(25(37-6)18-24(23)34(5)15-14-33(3)4)17-26-30-13-12-22(31-26)28(36)19-8-10-21(29-2)11-9-19/h7-13,16,18H,1,14-15,17H2,3-6H3,(H,32,35). The third-order valence-corrected chi connectivity index (χ3v) is 5.68. The Kier molecular flexibility index (Phi) is 9.08. The molecule has 0 saturated carbocycles. The van der Waals surface area contributed by atoms with Crippen molar-refractivity contribution in [1.29, 1.82) is 0 Å². The van der Waals surface area contributed by atoms with Crippen LogP contribution < -0.4 is 15.0 Å². The fraction of sp³-hybridized carbons (Fsp3) is 0.250. The lowest BCUT2D eigenvalue weighted by molar-refractivity contribution is -0.111. The Morgan fingerprint density at radius 1 is 1.14 bits per heavy atom. The lowest BCUT2D eigenvalue weighted by Gasteiger charge is -2.25. The van der Waals surface area contributed by atoms with E-state index >= 15 is 0 Å². The van der Waals surface area contributed by atoms with Gasteiger partial charge in [-0.3, -0.25) is 9.59 Å². The molecule has 0 saturated heterocycles. The van der Waals surface area contributed by atoms with Crippen molar-refractivity contribution < 1.29 is 14.3 Å². The molecule has 0 aliphatic rings. The zero-order valence-electron chi connectivity index (χ0n) is 21.5. The molecule has 3 rings (SSSR count). The number of anilines is 2. The Hall–Kier alpha value is -4.55. The van der Waals surface area contributed by atoms with Crippen LogP contribution in [0, 0.1) is 6.57 Å². The highest BCUT2D eigenvalue weighted by Gasteiger charge is 2.18. The van der Waals surface area contributed by atoms with Crippen LogP contribution in [0.3, 0.4) is 0 Å². The van der Waals surface area contributed by atoms with E-state index in [1.165, 1.54) is 6.08 Å². The topological polar surface area (TPSA) is 92.0 Å². The molecule has 0 fully saturated rings. The molecule has 9 heteroatoms. The molecule has 1 aromatic heterocycles. The van der Waals surface area contributed by atoms with Crippen LogP contribution in [0.15, 0.2) is 61.3 Å². The van der Waals surface area contributed by atoms with Gasteiger partial charge < -0.3 is 19.9 Å². The van der Waals surface area contributed by atoms with Crippen molar-refractivity contribution in [3.63, 3.8) is 0 Å². The van der Waals surface area contributed by atoms with Crippen LogP contribution in [0.4, 0.5) is 17.1 Å². The van der Waals surface area contributed by atoms with Crippen molar-refractivity contribution in [3.8, 4) is 5.75 Å². The summed E-state index contributed by atoms with van der Waals surface area (Å²) < 4.78 is 5.67. The first kappa shape index (κ1) is 27.0. The summed E-state index contributed by atoms with van der Waals surface area (Å²) in [5.74, 6) is 0.449. The third kappa shape index (κ3) is 6.99. The smallest absolute Gasteiger partial charge is 0.247 e. The van der Waals surface area contributed by atoms with Gasteiger partial charge in [-0.05, 0) is 32.3 Å². The monoisotopic (exact) mass is 498 g/mol. The number of benzene rings is 2. The van der Waals surface area contributed by atoms with E-state index in [4.69, 9.17) is 11.3 Å². The van der Waals surface area contributed by atoms with Crippen LogP contribution in [-0.4, -0.2) is 67.9 Å². The number of ether oxygens (including phenoxy) is 1. The summed E-state index contributed by atoms with van der Waals surface area (Å²) in [7, 11) is 7.53. The number of nitrogens with one attached hydrogen (secondary N) is 1. The van der Waals surface area contributed by atoms with Gasteiger partial charge in [-0.2, -0.15) is 0 Å². The molecule has 190 valence electrons. The number of amides is 1. The molecule has 2 aromatic carbocycles. The summed E-state index contributed by atoms with van der Waals surface area (Å²) >= 11 is 0. The first-order valence-electron chi connectivity index (χ1n) is 11.6. The van der Waals surface area contributed by atoms with Gasteiger partial charge in [0, 0.05) is 49.9 Å². The van der Waals surface area contributed by atoms with Crippen LogP contribution >= 0.6 is 0 Å². The van der Waals surface area contributed by atoms with Crippen molar-refractivity contribution in [2.24, 2.45) is 0 Å². The number of carbonyl (C=O) groups is 2. The van der Waals surface area contributed by atoms with E-state index in [9.17, 15) is 9.59 Å². The van der Waals surface area contributed by atoms with E-state index < -0.39 is 0 Å². The molecule has 0 aliphatic heterocycles. The summed E-state index contributed by atoms with van der Waals surface area (Å²) in [6.07, 6.45) is 3.04. The van der Waals surface area contributed by atoms with Crippen molar-refractivity contribution in [3.05, 3.63) is 95.4 Å². The second-order valence-corrected chi connectivity index (χ2v) is 8.62. The zero-order chi connectivity index (χ0) is 26.9. The lowest BCUT2D eigenvalue weighted by atomic mass is 10.1. The van der Waals surface area contributed by atoms with E-state index in [0.717, 1.165) is 24.3 Å². The minimum atomic E-state index is -0.327. The summed E-state index contributed by atoms with van der Waals surface area (Å²) in [5.41, 5.74) is 3.30. The molecule has 0 bridgehead atoms. The molecule has 1 heterocycles. The Labute approximate surface area is 217 Å². The summed E-state index contributed by atoms with van der Waals surface area (Å²) in [6, 6.07) is 11.7. The molecule has 3 aromatic rings. The number of ketones is 1. The van der Waals surface area contributed by atoms with Crippen molar-refractivity contribution in [1.82, 2.24) is 14.9 Å². The summed E-state index contributed by atoms with van der Waals surface area (Å²) in [6.45, 7) is 12.2. The van der Waals surface area contributed by atoms with Gasteiger partial charge in [0.1, 0.15) is 17.3 Å². The fourth-order valence-corrected chi connectivity index (χ4v) is 3.63. The molecule has 37 heavy (non-hydrogen) atoms. The molecule has 0 atom stereocenters. The predicted octanol–water partition coefficient (Wildman–Crippen LogP) is 3.98. The molecular weight excluding hydrogens is 468 g/mol. The van der Waals surface area contributed by atoms with E-state index in [1.807, 2.05) is 38.2 Å². The van der Waals surface area contributed by atoms with Crippen LogP contribution in [0.25, 0.3) is 4.85 Å². The summed E-state index contributed by atoms with van der Waals surface area (Å²) in [5, 5.41) is 2.88. The van der Waals surface area contributed by atoms with E-state index in [0.29, 0.717) is 28.5 Å². The Bertz CT molecular complexity index is 1330. The Morgan fingerprint density at radius 2 is 1.86 bits per heavy atom. The largest absolute Gasteiger partial charge is 0.496 e. The quantitative estimate of drug-likeness (QED) is 0.243. The molecule has 1 N–H and O–H groups in total. The van der Waals surface area contributed by atoms with Gasteiger partial charge in [0.2, 0.25) is 11.7 Å². The first-order valence-corrected chi connectivity index (χ1v) is 11.6. The van der Waals surface area contributed by atoms with E-state index in [-0.39, 0.29) is 23.8 Å². The SMILES string of the molecule is [C-]#[N+]c1ccc(C(=O)c2ccnc(Cc3cc(NC(=O)C=C)c(N(C)CCN(C)C)cc3OC)n2)cc1. The van der Waals surface area contributed by atoms with Crippen LogP contribution in [0.5, 0.6) is 5.75 Å². The highest BCUT2D eigenvalue weighted by Crippen LogP contribution is 2.34. The maximum atomic E-state index is 13.0. The molecule has 0 spiro atoms. The van der Waals surface area contributed by atoms with Crippen LogP contribution in [-0.2, 0) is 11.2 Å². The maximum Gasteiger partial charge on any atom is 0.247 e. The number of hydrogen-bond donors (Lipinski definition) is 1. The van der Waals surface area contributed by atoms with Gasteiger partial charge in [0.15, 0.2) is 5.69 Å². The molecule has 9 nitrogen and oxygen atoms in total. The highest BCUT2D eigenvalue weighted by atomic mass is 16.5. The number of carbonyl (C=O) groups excluding carboxylic acids is 2. The molecule has 0 aliphatic carbocycles. The number of nitrogens with zero attached hydrogens (tertiary/aromatic N) is 5. The number of rotatable bonds is 11. The van der Waals surface area contributed by atoms with Gasteiger partial charge in [-0.1, -0.05) is 30.8 Å². The van der Waals surface area contributed by atoms with E-state index in [1.54, 1.807) is 43.6 Å². The van der Waals surface area contributed by atoms with Gasteiger partial charge >= 0.3 is 0 Å². The highest BCUT2D eigenvalue weighted by molar-refractivity contribution is 6.07. The number of methoxy groups -OCH3 is 1. The number of likely N-dealkylation sites (N-methyl/N-ethyl adjacent to an activating group) is 2. The van der Waals surface area contributed by atoms with Crippen molar-refractivity contribution >= 4 is 28.8 Å². The second-order valence-electron chi connectivity index (χ2n) is 8.62. The zero-order valence-corrected chi connectivity index (χ0v) is 21.5. The average Bonchev–Trinajstić information content (AvgIpc) is 2.91. The van der Waals surface area contributed by atoms with Gasteiger partial charge in [-0.15, -0.1) is 0 Å². The average molecular weight is 499 g/mol. The van der Waals surface area contributed by atoms with Gasteiger partial charge in [0.25, 0.3) is 0 Å². The van der Waals surface area contributed by atoms with Gasteiger partial charge in [-0.25, -0.2) is 14.8 Å². The lowest BCUT2D eigenvalue weighted by Crippen LogP contribution is -2.29. The predicted molar refractivity (Wildman–Crippen MR) is 145 cm³/mol. The normalized spacial score (nSPS) is 10.5.